The van der Waals surface area contributed by atoms with Crippen LogP contribution in [0.1, 0.15) is 31.4 Å². The van der Waals surface area contributed by atoms with Gasteiger partial charge in [0.15, 0.2) is 0 Å². The Hall–Kier alpha value is -0.670. The predicted molar refractivity (Wildman–Crippen MR) is 61.0 cm³/mol. The first kappa shape index (κ1) is 11.4. The average molecular weight is 256 g/mol. The van der Waals surface area contributed by atoms with Crippen molar-refractivity contribution in [1.82, 2.24) is 0 Å². The maximum Gasteiger partial charge on any atom is 0.129 e. The maximum absolute atomic E-state index is 10.8. The van der Waals surface area contributed by atoms with Gasteiger partial charge in [-0.2, -0.15) is 0 Å². The molecule has 0 radical (unpaired) electrons. The summed E-state index contributed by atoms with van der Waals surface area (Å²) >= 11 is 3.44. The zero-order valence-electron chi connectivity index (χ0n) is 8.16. The van der Waals surface area contributed by atoms with Gasteiger partial charge in [-0.3, -0.25) is 0 Å². The standard InChI is InChI=1S/C11H14BrNO/c1-8(14)6-7-11(13)9-4-2-3-5-10(9)12/h2-5,11H,6-7,13H2,1H3. The molecule has 1 rings (SSSR count). The molecule has 1 atom stereocenters. The molecule has 0 aromatic heterocycles. The van der Waals surface area contributed by atoms with Gasteiger partial charge in [0, 0.05) is 16.9 Å². The number of halogens is 1. The van der Waals surface area contributed by atoms with Crippen LogP contribution in [0.25, 0.3) is 0 Å². The second-order valence-corrected chi connectivity index (χ2v) is 4.22. The van der Waals surface area contributed by atoms with Crippen molar-refractivity contribution in [1.29, 1.82) is 0 Å². The molecular formula is C11H14BrNO. The molecule has 0 aliphatic rings. The quantitative estimate of drug-likeness (QED) is 0.900. The van der Waals surface area contributed by atoms with Gasteiger partial charge in [0.2, 0.25) is 0 Å². The second kappa shape index (κ2) is 5.27. The Morgan fingerprint density at radius 2 is 2.14 bits per heavy atom. The highest BCUT2D eigenvalue weighted by Gasteiger charge is 2.09. The molecule has 0 heterocycles. The molecule has 0 saturated carbocycles. The van der Waals surface area contributed by atoms with Crippen LogP contribution in [0, 0.1) is 0 Å². The average Bonchev–Trinajstić information content (AvgIpc) is 2.15. The van der Waals surface area contributed by atoms with Crippen LogP contribution in [-0.4, -0.2) is 5.78 Å². The highest BCUT2D eigenvalue weighted by atomic mass is 79.9. The van der Waals surface area contributed by atoms with Gasteiger partial charge in [-0.15, -0.1) is 0 Å². The van der Waals surface area contributed by atoms with Crippen molar-refractivity contribution in [2.75, 3.05) is 0 Å². The minimum atomic E-state index is -0.0607. The molecule has 2 nitrogen and oxygen atoms in total. The summed E-state index contributed by atoms with van der Waals surface area (Å²) in [5.41, 5.74) is 7.03. The van der Waals surface area contributed by atoms with E-state index in [1.165, 1.54) is 0 Å². The van der Waals surface area contributed by atoms with Crippen LogP contribution >= 0.6 is 15.9 Å². The lowest BCUT2D eigenvalue weighted by Crippen LogP contribution is -2.12. The van der Waals surface area contributed by atoms with Crippen LogP contribution in [0.3, 0.4) is 0 Å². The number of ketones is 1. The summed E-state index contributed by atoms with van der Waals surface area (Å²) in [7, 11) is 0. The molecule has 76 valence electrons. The summed E-state index contributed by atoms with van der Waals surface area (Å²) in [6.45, 7) is 1.59. The summed E-state index contributed by atoms with van der Waals surface area (Å²) in [6.07, 6.45) is 1.25. The highest BCUT2D eigenvalue weighted by molar-refractivity contribution is 9.10. The van der Waals surface area contributed by atoms with Crippen LogP contribution < -0.4 is 5.73 Å². The Bertz CT molecular complexity index is 325. The third-order valence-electron chi connectivity index (χ3n) is 2.11. The van der Waals surface area contributed by atoms with Crippen LogP contribution in [0.15, 0.2) is 28.7 Å². The maximum atomic E-state index is 10.8. The fraction of sp³-hybridized carbons (Fsp3) is 0.364. The molecule has 1 aromatic carbocycles. The molecule has 0 fully saturated rings. The monoisotopic (exact) mass is 255 g/mol. The molecule has 0 aliphatic carbocycles. The first-order valence-electron chi connectivity index (χ1n) is 4.60. The number of nitrogens with two attached hydrogens (primary N) is 1. The van der Waals surface area contributed by atoms with Crippen LogP contribution in [0.4, 0.5) is 0 Å². The van der Waals surface area contributed by atoms with Gasteiger partial charge in [-0.1, -0.05) is 34.1 Å². The van der Waals surface area contributed by atoms with Gasteiger partial charge in [0.25, 0.3) is 0 Å². The number of hydrogen-bond donors (Lipinski definition) is 1. The fourth-order valence-corrected chi connectivity index (χ4v) is 1.87. The van der Waals surface area contributed by atoms with Crippen molar-refractivity contribution in [3.05, 3.63) is 34.3 Å². The molecule has 1 aromatic rings. The summed E-state index contributed by atoms with van der Waals surface area (Å²) in [5.74, 6) is 0.188. The molecule has 0 spiro atoms. The summed E-state index contributed by atoms with van der Waals surface area (Å²) in [5, 5.41) is 0. The summed E-state index contributed by atoms with van der Waals surface area (Å²) < 4.78 is 1.01. The lowest BCUT2D eigenvalue weighted by Gasteiger charge is -2.12. The third kappa shape index (κ3) is 3.24. The van der Waals surface area contributed by atoms with Gasteiger partial charge in [0.05, 0.1) is 0 Å². The van der Waals surface area contributed by atoms with E-state index >= 15 is 0 Å². The number of benzene rings is 1. The van der Waals surface area contributed by atoms with Gasteiger partial charge >= 0.3 is 0 Å². The Morgan fingerprint density at radius 3 is 2.71 bits per heavy atom. The topological polar surface area (TPSA) is 43.1 Å². The van der Waals surface area contributed by atoms with Gasteiger partial charge in [-0.25, -0.2) is 0 Å². The van der Waals surface area contributed by atoms with Crippen molar-refractivity contribution >= 4 is 21.7 Å². The van der Waals surface area contributed by atoms with Gasteiger partial charge < -0.3 is 10.5 Å². The Balaban J connectivity index is 2.65. The molecular weight excluding hydrogens is 242 g/mol. The SMILES string of the molecule is CC(=O)CCC(N)c1ccccc1Br. The van der Waals surface area contributed by atoms with Gasteiger partial charge in [0.1, 0.15) is 5.78 Å². The number of carbonyl (C=O) groups is 1. The number of hydrogen-bond acceptors (Lipinski definition) is 2. The number of Topliss-reactive ketones (excluding diaryl/α,β-unsaturated/α-hetero) is 1. The zero-order chi connectivity index (χ0) is 10.6. The van der Waals surface area contributed by atoms with Crippen LogP contribution in [-0.2, 0) is 4.79 Å². The number of rotatable bonds is 4. The Kier molecular flexibility index (Phi) is 4.29. The van der Waals surface area contributed by atoms with E-state index in [1.54, 1.807) is 6.92 Å². The molecule has 1 unspecified atom stereocenters. The van der Waals surface area contributed by atoms with Crippen LogP contribution in [0.5, 0.6) is 0 Å². The molecule has 0 amide bonds. The van der Waals surface area contributed by atoms with Crippen molar-refractivity contribution in [3.8, 4) is 0 Å². The van der Waals surface area contributed by atoms with E-state index in [0.717, 1.165) is 10.0 Å². The number of carbonyl (C=O) groups excluding carboxylic acids is 1. The van der Waals surface area contributed by atoms with Crippen molar-refractivity contribution in [2.45, 2.75) is 25.8 Å². The van der Waals surface area contributed by atoms with Crippen molar-refractivity contribution in [2.24, 2.45) is 5.73 Å². The minimum absolute atomic E-state index is 0.0607. The molecule has 14 heavy (non-hydrogen) atoms. The van der Waals surface area contributed by atoms with E-state index in [0.29, 0.717) is 12.8 Å². The Morgan fingerprint density at radius 1 is 1.50 bits per heavy atom. The summed E-state index contributed by atoms with van der Waals surface area (Å²) in [6, 6.07) is 7.78. The first-order chi connectivity index (χ1) is 6.61. The highest BCUT2D eigenvalue weighted by Crippen LogP contribution is 2.24. The van der Waals surface area contributed by atoms with E-state index in [4.69, 9.17) is 5.73 Å². The summed E-state index contributed by atoms with van der Waals surface area (Å²) in [4.78, 5) is 10.8. The fourth-order valence-electron chi connectivity index (χ4n) is 1.29. The first-order valence-corrected chi connectivity index (χ1v) is 5.40. The Labute approximate surface area is 92.6 Å². The van der Waals surface area contributed by atoms with E-state index < -0.39 is 0 Å². The lowest BCUT2D eigenvalue weighted by molar-refractivity contribution is -0.117. The van der Waals surface area contributed by atoms with E-state index in [9.17, 15) is 4.79 Å². The third-order valence-corrected chi connectivity index (χ3v) is 2.83. The van der Waals surface area contributed by atoms with E-state index in [2.05, 4.69) is 15.9 Å². The predicted octanol–water partition coefficient (Wildman–Crippen LogP) is 2.82. The molecule has 0 saturated heterocycles. The molecule has 0 bridgehead atoms. The minimum Gasteiger partial charge on any atom is -0.324 e. The smallest absolute Gasteiger partial charge is 0.129 e. The van der Waals surface area contributed by atoms with Gasteiger partial charge in [-0.05, 0) is 25.0 Å². The van der Waals surface area contributed by atoms with E-state index in [1.807, 2.05) is 24.3 Å². The zero-order valence-corrected chi connectivity index (χ0v) is 9.75. The molecule has 0 aliphatic heterocycles. The van der Waals surface area contributed by atoms with Crippen LogP contribution in [0.2, 0.25) is 0 Å². The van der Waals surface area contributed by atoms with E-state index in [-0.39, 0.29) is 11.8 Å². The molecule has 3 heteroatoms. The van der Waals surface area contributed by atoms with Crippen molar-refractivity contribution < 1.29 is 4.79 Å². The normalized spacial score (nSPS) is 12.5. The lowest BCUT2D eigenvalue weighted by atomic mass is 10.0. The van der Waals surface area contributed by atoms with Crippen molar-refractivity contribution in [3.63, 3.8) is 0 Å². The molecule has 2 N–H and O–H groups in total. The second-order valence-electron chi connectivity index (χ2n) is 3.37. The largest absolute Gasteiger partial charge is 0.324 e.